The average Bonchev–Trinajstić information content (AvgIpc) is 2.53. The second kappa shape index (κ2) is 6.79. The Morgan fingerprint density at radius 2 is 1.52 bits per heavy atom. The molecule has 0 aromatic heterocycles. The number of hydrogen-bond acceptors (Lipinski definition) is 4. The van der Waals surface area contributed by atoms with Gasteiger partial charge in [0.15, 0.2) is 5.78 Å². The van der Waals surface area contributed by atoms with E-state index in [2.05, 4.69) is 0 Å². The fourth-order valence-electron chi connectivity index (χ4n) is 2.18. The number of hydrogen-bond donors (Lipinski definition) is 0. The van der Waals surface area contributed by atoms with Gasteiger partial charge in [-0.1, -0.05) is 18.2 Å². The molecule has 0 aliphatic heterocycles. The van der Waals surface area contributed by atoms with Crippen molar-refractivity contribution in [2.45, 2.75) is 6.42 Å². The van der Waals surface area contributed by atoms with E-state index in [0.29, 0.717) is 17.1 Å². The first-order valence-electron chi connectivity index (χ1n) is 6.56. The summed E-state index contributed by atoms with van der Waals surface area (Å²) in [6, 6.07) is 12.7. The van der Waals surface area contributed by atoms with Gasteiger partial charge in [-0.05, 0) is 29.8 Å². The van der Waals surface area contributed by atoms with Crippen LogP contribution in [0.1, 0.15) is 15.9 Å². The van der Waals surface area contributed by atoms with Crippen molar-refractivity contribution < 1.29 is 19.0 Å². The Hall–Kier alpha value is -2.49. The second-order valence-electron chi connectivity index (χ2n) is 4.49. The Labute approximate surface area is 124 Å². The zero-order valence-electron chi connectivity index (χ0n) is 12.4. The lowest BCUT2D eigenvalue weighted by Gasteiger charge is -2.12. The quantitative estimate of drug-likeness (QED) is 0.765. The average molecular weight is 286 g/mol. The zero-order chi connectivity index (χ0) is 15.2. The number of rotatable bonds is 6. The van der Waals surface area contributed by atoms with Crippen molar-refractivity contribution in [2.75, 3.05) is 21.3 Å². The van der Waals surface area contributed by atoms with Gasteiger partial charge >= 0.3 is 0 Å². The monoisotopic (exact) mass is 286 g/mol. The van der Waals surface area contributed by atoms with Gasteiger partial charge < -0.3 is 14.2 Å². The standard InChI is InChI=1S/C17H18O4/c1-19-13-7-4-6-12(10-13)11-14(18)17-15(20-2)8-5-9-16(17)21-3/h4-10H,11H2,1-3H3. The molecule has 2 aromatic rings. The third kappa shape index (κ3) is 3.34. The molecule has 4 heteroatoms. The van der Waals surface area contributed by atoms with Crippen LogP contribution in [0.25, 0.3) is 0 Å². The fraction of sp³-hybridized carbons (Fsp3) is 0.235. The highest BCUT2D eigenvalue weighted by Gasteiger charge is 2.18. The van der Waals surface area contributed by atoms with Crippen molar-refractivity contribution in [1.29, 1.82) is 0 Å². The molecule has 0 saturated heterocycles. The molecule has 0 N–H and O–H groups in total. The van der Waals surface area contributed by atoms with Crippen LogP contribution in [0.15, 0.2) is 42.5 Å². The minimum Gasteiger partial charge on any atom is -0.497 e. The first-order valence-corrected chi connectivity index (χ1v) is 6.56. The van der Waals surface area contributed by atoms with E-state index in [1.54, 1.807) is 25.3 Å². The van der Waals surface area contributed by atoms with Gasteiger partial charge in [0.25, 0.3) is 0 Å². The van der Waals surface area contributed by atoms with Crippen molar-refractivity contribution in [3.05, 3.63) is 53.6 Å². The van der Waals surface area contributed by atoms with Gasteiger partial charge in [0.2, 0.25) is 0 Å². The SMILES string of the molecule is COc1cccc(CC(=O)c2c(OC)cccc2OC)c1. The van der Waals surface area contributed by atoms with Gasteiger partial charge in [-0.3, -0.25) is 4.79 Å². The van der Waals surface area contributed by atoms with Gasteiger partial charge in [-0.25, -0.2) is 0 Å². The number of methoxy groups -OCH3 is 3. The third-order valence-electron chi connectivity index (χ3n) is 3.21. The topological polar surface area (TPSA) is 44.8 Å². The van der Waals surface area contributed by atoms with E-state index in [0.717, 1.165) is 11.3 Å². The first-order chi connectivity index (χ1) is 10.2. The molecule has 0 amide bonds. The summed E-state index contributed by atoms with van der Waals surface area (Å²) in [5, 5.41) is 0. The molecule has 2 aromatic carbocycles. The van der Waals surface area contributed by atoms with Crippen molar-refractivity contribution >= 4 is 5.78 Å². The van der Waals surface area contributed by atoms with Crippen molar-refractivity contribution in [2.24, 2.45) is 0 Å². The number of ether oxygens (including phenoxy) is 3. The maximum Gasteiger partial charge on any atom is 0.174 e. The summed E-state index contributed by atoms with van der Waals surface area (Å²) in [6.07, 6.45) is 0.258. The molecule has 4 nitrogen and oxygen atoms in total. The molecule has 21 heavy (non-hydrogen) atoms. The molecule has 0 aliphatic carbocycles. The number of benzene rings is 2. The highest BCUT2D eigenvalue weighted by atomic mass is 16.5. The van der Waals surface area contributed by atoms with Crippen molar-refractivity contribution in [1.82, 2.24) is 0 Å². The predicted molar refractivity (Wildman–Crippen MR) is 80.6 cm³/mol. The van der Waals surface area contributed by atoms with Crippen LogP contribution in [-0.2, 0) is 6.42 Å². The molecule has 2 rings (SSSR count). The molecule has 110 valence electrons. The molecule has 0 radical (unpaired) electrons. The zero-order valence-corrected chi connectivity index (χ0v) is 12.4. The second-order valence-corrected chi connectivity index (χ2v) is 4.49. The van der Waals surface area contributed by atoms with Gasteiger partial charge in [-0.2, -0.15) is 0 Å². The van der Waals surface area contributed by atoms with E-state index in [9.17, 15) is 4.79 Å². The van der Waals surface area contributed by atoms with E-state index < -0.39 is 0 Å². The van der Waals surface area contributed by atoms with E-state index in [-0.39, 0.29) is 12.2 Å². The molecule has 0 saturated carbocycles. The largest absolute Gasteiger partial charge is 0.497 e. The van der Waals surface area contributed by atoms with Crippen LogP contribution >= 0.6 is 0 Å². The van der Waals surface area contributed by atoms with Gasteiger partial charge in [-0.15, -0.1) is 0 Å². The lowest BCUT2D eigenvalue weighted by atomic mass is 10.0. The summed E-state index contributed by atoms with van der Waals surface area (Å²) in [6.45, 7) is 0. The Balaban J connectivity index is 2.31. The number of Topliss-reactive ketones (excluding diaryl/α,β-unsaturated/α-hetero) is 1. The van der Waals surface area contributed by atoms with Crippen LogP contribution in [0.2, 0.25) is 0 Å². The number of carbonyl (C=O) groups is 1. The van der Waals surface area contributed by atoms with Gasteiger partial charge in [0.05, 0.1) is 21.3 Å². The Morgan fingerprint density at radius 3 is 2.10 bits per heavy atom. The minimum atomic E-state index is -0.0578. The molecule has 0 bridgehead atoms. The maximum absolute atomic E-state index is 12.6. The Kier molecular flexibility index (Phi) is 4.82. The molecular weight excluding hydrogens is 268 g/mol. The maximum atomic E-state index is 12.6. The first kappa shape index (κ1) is 14.9. The summed E-state index contributed by atoms with van der Waals surface area (Å²) in [7, 11) is 4.68. The molecule has 0 spiro atoms. The van der Waals surface area contributed by atoms with Crippen molar-refractivity contribution in [3.63, 3.8) is 0 Å². The molecule has 0 unspecified atom stereocenters. The smallest absolute Gasteiger partial charge is 0.174 e. The fourth-order valence-corrected chi connectivity index (χ4v) is 2.18. The highest BCUT2D eigenvalue weighted by molar-refractivity contribution is 6.02. The third-order valence-corrected chi connectivity index (χ3v) is 3.21. The number of ketones is 1. The van der Waals surface area contributed by atoms with E-state index in [1.165, 1.54) is 14.2 Å². The summed E-state index contributed by atoms with van der Waals surface area (Å²) >= 11 is 0. The Bertz CT molecular complexity index is 612. The van der Waals surface area contributed by atoms with Gasteiger partial charge in [0, 0.05) is 6.42 Å². The van der Waals surface area contributed by atoms with Crippen LogP contribution in [0.3, 0.4) is 0 Å². The van der Waals surface area contributed by atoms with E-state index in [4.69, 9.17) is 14.2 Å². The van der Waals surface area contributed by atoms with Crippen LogP contribution < -0.4 is 14.2 Å². The molecule has 0 atom stereocenters. The van der Waals surface area contributed by atoms with Gasteiger partial charge in [0.1, 0.15) is 22.8 Å². The highest BCUT2D eigenvalue weighted by Crippen LogP contribution is 2.29. The van der Waals surface area contributed by atoms with Crippen LogP contribution in [0, 0.1) is 0 Å². The normalized spacial score (nSPS) is 10.0. The van der Waals surface area contributed by atoms with E-state index in [1.807, 2.05) is 24.3 Å². The summed E-state index contributed by atoms with van der Waals surface area (Å²) in [5.41, 5.74) is 1.35. The van der Waals surface area contributed by atoms with Crippen LogP contribution in [0.4, 0.5) is 0 Å². The van der Waals surface area contributed by atoms with Crippen LogP contribution in [-0.4, -0.2) is 27.1 Å². The lowest BCUT2D eigenvalue weighted by molar-refractivity contribution is 0.0987. The predicted octanol–water partition coefficient (Wildman–Crippen LogP) is 3.14. The van der Waals surface area contributed by atoms with Crippen LogP contribution in [0.5, 0.6) is 17.2 Å². The molecular formula is C17H18O4. The minimum absolute atomic E-state index is 0.0578. The summed E-state index contributed by atoms with van der Waals surface area (Å²) in [4.78, 5) is 12.6. The summed E-state index contributed by atoms with van der Waals surface area (Å²) in [5.74, 6) is 1.70. The van der Waals surface area contributed by atoms with Crippen molar-refractivity contribution in [3.8, 4) is 17.2 Å². The molecule has 0 fully saturated rings. The summed E-state index contributed by atoms with van der Waals surface area (Å²) < 4.78 is 15.7. The molecule has 0 heterocycles. The number of carbonyl (C=O) groups excluding carboxylic acids is 1. The van der Waals surface area contributed by atoms with E-state index >= 15 is 0 Å². The Morgan fingerprint density at radius 1 is 0.905 bits per heavy atom. The molecule has 0 aliphatic rings. The lowest BCUT2D eigenvalue weighted by Crippen LogP contribution is -2.08.